The van der Waals surface area contributed by atoms with Crippen LogP contribution in [0.15, 0.2) is 53.6 Å². The first kappa shape index (κ1) is 17.5. The number of halogens is 3. The molecule has 0 aromatic heterocycles. The average molecular weight is 361 g/mol. The predicted molar refractivity (Wildman–Crippen MR) is 90.7 cm³/mol. The second-order valence-electron chi connectivity index (χ2n) is 5.05. The number of ketones is 1. The third-order valence-corrected chi connectivity index (χ3v) is 4.49. The average Bonchev–Trinajstić information content (AvgIpc) is 2.55. The Balaban J connectivity index is 2.24. The molecule has 0 radical (unpaired) electrons. The van der Waals surface area contributed by atoms with E-state index in [1.165, 1.54) is 0 Å². The zero-order valence-electron chi connectivity index (χ0n) is 11.7. The van der Waals surface area contributed by atoms with Gasteiger partial charge in [0.25, 0.3) is 0 Å². The molecular weight excluding hydrogens is 345 g/mol. The van der Waals surface area contributed by atoms with Gasteiger partial charge in [-0.2, -0.15) is 0 Å². The van der Waals surface area contributed by atoms with Gasteiger partial charge >= 0.3 is 0 Å². The molecule has 3 atom stereocenters. The molecule has 2 rings (SSSR count). The van der Waals surface area contributed by atoms with Crippen molar-refractivity contribution in [3.8, 4) is 0 Å². The summed E-state index contributed by atoms with van der Waals surface area (Å²) < 4.78 is 0. The monoisotopic (exact) mass is 359 g/mol. The van der Waals surface area contributed by atoms with Crippen LogP contribution < -0.4 is 5.32 Å². The Morgan fingerprint density at radius 2 is 2.05 bits per heavy atom. The largest absolute Gasteiger partial charge is 0.391 e. The van der Waals surface area contributed by atoms with Crippen molar-refractivity contribution in [3.05, 3.63) is 59.2 Å². The Bertz CT molecular complexity index is 588. The summed E-state index contributed by atoms with van der Waals surface area (Å²) in [5.41, 5.74) is 0.549. The zero-order valence-corrected chi connectivity index (χ0v) is 13.9. The number of hydrogen-bond acceptors (Lipinski definition) is 3. The van der Waals surface area contributed by atoms with Crippen molar-refractivity contribution >= 4 is 40.6 Å². The van der Waals surface area contributed by atoms with Gasteiger partial charge in [0.05, 0.1) is 12.0 Å². The van der Waals surface area contributed by atoms with Gasteiger partial charge in [0.1, 0.15) is 5.00 Å². The molecule has 3 unspecified atom stereocenters. The van der Waals surface area contributed by atoms with E-state index in [9.17, 15) is 9.90 Å². The van der Waals surface area contributed by atoms with Gasteiger partial charge in [-0.3, -0.25) is 10.1 Å². The summed E-state index contributed by atoms with van der Waals surface area (Å²) in [7, 11) is 0. The van der Waals surface area contributed by atoms with Gasteiger partial charge in [0, 0.05) is 23.0 Å². The van der Waals surface area contributed by atoms with Gasteiger partial charge in [-0.15, -0.1) is 11.6 Å². The number of alkyl halides is 2. The molecule has 0 fully saturated rings. The molecule has 0 saturated carbocycles. The molecule has 1 aliphatic rings. The van der Waals surface area contributed by atoms with Gasteiger partial charge in [-0.1, -0.05) is 59.6 Å². The van der Waals surface area contributed by atoms with Crippen molar-refractivity contribution in [2.45, 2.75) is 11.1 Å². The smallest absolute Gasteiger partial charge is 0.173 e. The minimum atomic E-state index is -1.15. The third-order valence-electron chi connectivity index (χ3n) is 3.39. The van der Waals surface area contributed by atoms with E-state index in [0.717, 1.165) is 0 Å². The Morgan fingerprint density at radius 1 is 1.36 bits per heavy atom. The van der Waals surface area contributed by atoms with E-state index in [0.29, 0.717) is 10.6 Å². The molecule has 2 N–H and O–H groups in total. The molecule has 1 aliphatic carbocycles. The van der Waals surface area contributed by atoms with Crippen LogP contribution in [0.4, 0.5) is 0 Å². The quantitative estimate of drug-likeness (QED) is 0.465. The number of aliphatic hydroxyl groups excluding tert-OH is 1. The molecule has 1 aromatic rings. The highest BCUT2D eigenvalue weighted by Gasteiger charge is 2.40. The van der Waals surface area contributed by atoms with Gasteiger partial charge in [-0.05, 0) is 12.2 Å². The highest BCUT2D eigenvalue weighted by Crippen LogP contribution is 2.34. The normalized spacial score (nSPS) is 25.6. The fraction of sp³-hybridized carbons (Fsp3) is 0.312. The summed E-state index contributed by atoms with van der Waals surface area (Å²) in [6, 6.07) is 8.87. The maximum absolute atomic E-state index is 12.7. The molecule has 0 bridgehead atoms. The van der Waals surface area contributed by atoms with Gasteiger partial charge < -0.3 is 5.11 Å². The Kier molecular flexibility index (Phi) is 6.07. The van der Waals surface area contributed by atoms with Crippen molar-refractivity contribution in [1.29, 1.82) is 0 Å². The Hall–Kier alpha value is -0.840. The van der Waals surface area contributed by atoms with Crippen LogP contribution in [0, 0.1) is 5.92 Å². The van der Waals surface area contributed by atoms with E-state index in [4.69, 9.17) is 34.8 Å². The Labute approximate surface area is 144 Å². The first-order chi connectivity index (χ1) is 10.5. The van der Waals surface area contributed by atoms with E-state index in [1.807, 2.05) is 6.07 Å². The first-order valence-electron chi connectivity index (χ1n) is 6.80. The van der Waals surface area contributed by atoms with Crippen LogP contribution in [0.1, 0.15) is 10.4 Å². The molecule has 118 valence electrons. The van der Waals surface area contributed by atoms with E-state index in [2.05, 4.69) is 5.32 Å². The van der Waals surface area contributed by atoms with Crippen LogP contribution in [-0.2, 0) is 0 Å². The summed E-state index contributed by atoms with van der Waals surface area (Å²) in [5, 5.41) is 13.0. The topological polar surface area (TPSA) is 49.3 Å². The van der Waals surface area contributed by atoms with Crippen LogP contribution in [0.3, 0.4) is 0 Å². The van der Waals surface area contributed by atoms with E-state index in [-0.39, 0.29) is 18.2 Å². The molecule has 1 aromatic carbocycles. The summed E-state index contributed by atoms with van der Waals surface area (Å²) in [5.74, 6) is -0.750. The number of allylic oxidation sites excluding steroid dienone is 2. The lowest BCUT2D eigenvalue weighted by atomic mass is 9.87. The van der Waals surface area contributed by atoms with E-state index < -0.39 is 17.0 Å². The predicted octanol–water partition coefficient (Wildman–Crippen LogP) is 3.30. The van der Waals surface area contributed by atoms with Crippen molar-refractivity contribution in [1.82, 2.24) is 5.32 Å². The molecule has 0 saturated heterocycles. The second-order valence-corrected chi connectivity index (χ2v) is 6.42. The minimum absolute atomic E-state index is 0.0809. The van der Waals surface area contributed by atoms with Crippen molar-refractivity contribution in [2.24, 2.45) is 5.92 Å². The standard InChI is InChI=1S/C16H16Cl3NO2/c17-9-13(21)10-20-16(19)7-6-12(18)8-14(16)15(22)11-4-2-1-3-5-11/h1-8,13-14,20-21H,9-10H2. The minimum Gasteiger partial charge on any atom is -0.391 e. The Morgan fingerprint density at radius 3 is 2.68 bits per heavy atom. The van der Waals surface area contributed by atoms with Gasteiger partial charge in [-0.25, -0.2) is 0 Å². The highest BCUT2D eigenvalue weighted by atomic mass is 35.5. The number of carbonyl (C=O) groups excluding carboxylic acids is 1. The summed E-state index contributed by atoms with van der Waals surface area (Å²) in [6.07, 6.45) is 4.12. The molecule has 0 spiro atoms. The lowest BCUT2D eigenvalue weighted by Gasteiger charge is -2.34. The first-order valence-corrected chi connectivity index (χ1v) is 8.09. The lowest BCUT2D eigenvalue weighted by Crippen LogP contribution is -2.51. The zero-order chi connectivity index (χ0) is 16.2. The fourth-order valence-corrected chi connectivity index (χ4v) is 2.79. The molecule has 0 aliphatic heterocycles. The number of benzene rings is 1. The molecular formula is C16H16Cl3NO2. The molecule has 3 nitrogen and oxygen atoms in total. The van der Waals surface area contributed by atoms with Crippen LogP contribution in [0.2, 0.25) is 0 Å². The number of nitrogens with one attached hydrogen (secondary N) is 1. The third kappa shape index (κ3) is 4.12. The van der Waals surface area contributed by atoms with Gasteiger partial charge in [0.15, 0.2) is 5.78 Å². The van der Waals surface area contributed by atoms with E-state index >= 15 is 0 Å². The number of carbonyl (C=O) groups is 1. The lowest BCUT2D eigenvalue weighted by molar-refractivity contribution is 0.0913. The number of aliphatic hydroxyl groups is 1. The highest BCUT2D eigenvalue weighted by molar-refractivity contribution is 6.33. The van der Waals surface area contributed by atoms with Crippen molar-refractivity contribution in [3.63, 3.8) is 0 Å². The number of rotatable bonds is 6. The summed E-state index contributed by atoms with van der Waals surface area (Å²) in [6.45, 7) is 0.168. The number of Topliss-reactive ketones (excluding diaryl/α,β-unsaturated/α-hetero) is 1. The van der Waals surface area contributed by atoms with Crippen LogP contribution in [-0.4, -0.2) is 34.4 Å². The SMILES string of the molecule is O=C(c1ccccc1)C1C=C(Cl)C=CC1(Cl)NCC(O)CCl. The maximum atomic E-state index is 12.7. The van der Waals surface area contributed by atoms with Crippen molar-refractivity contribution in [2.75, 3.05) is 12.4 Å². The molecule has 6 heteroatoms. The van der Waals surface area contributed by atoms with Gasteiger partial charge in [0.2, 0.25) is 0 Å². The summed E-state index contributed by atoms with van der Waals surface area (Å²) in [4.78, 5) is 11.6. The van der Waals surface area contributed by atoms with Crippen molar-refractivity contribution < 1.29 is 9.90 Å². The molecule has 22 heavy (non-hydrogen) atoms. The van der Waals surface area contributed by atoms with Crippen LogP contribution in [0.5, 0.6) is 0 Å². The van der Waals surface area contributed by atoms with Crippen LogP contribution in [0.25, 0.3) is 0 Å². The number of hydrogen-bond donors (Lipinski definition) is 2. The molecule has 0 heterocycles. The maximum Gasteiger partial charge on any atom is 0.173 e. The summed E-state index contributed by atoms with van der Waals surface area (Å²) >= 11 is 18.2. The van der Waals surface area contributed by atoms with Crippen LogP contribution >= 0.6 is 34.8 Å². The second kappa shape index (κ2) is 7.62. The van der Waals surface area contributed by atoms with E-state index in [1.54, 1.807) is 42.5 Å². The fourth-order valence-electron chi connectivity index (χ4n) is 2.19. The molecule has 0 amide bonds.